The fourth-order valence-corrected chi connectivity index (χ4v) is 3.66. The van der Waals surface area contributed by atoms with Gasteiger partial charge < -0.3 is 14.2 Å². The molecule has 1 aromatic rings. The second-order valence-corrected chi connectivity index (χ2v) is 10.1. The summed E-state index contributed by atoms with van der Waals surface area (Å²) >= 11 is 0. The van der Waals surface area contributed by atoms with Gasteiger partial charge >= 0.3 is 7.12 Å². The van der Waals surface area contributed by atoms with Gasteiger partial charge in [-0.1, -0.05) is 6.08 Å². The smallest absolute Gasteiger partial charge is 0.399 e. The van der Waals surface area contributed by atoms with E-state index in [2.05, 4.69) is 27.7 Å². The van der Waals surface area contributed by atoms with E-state index in [-0.39, 0.29) is 0 Å². The summed E-state index contributed by atoms with van der Waals surface area (Å²) in [4.78, 5) is 6.78. The maximum absolute atomic E-state index is 11.9. The van der Waals surface area contributed by atoms with Crippen LogP contribution < -0.4 is 10.2 Å². The largest absolute Gasteiger partial charge is 0.496 e. The van der Waals surface area contributed by atoms with Crippen LogP contribution in [0.1, 0.15) is 39.8 Å². The molecular weight excluding hydrogens is 365 g/mol. The van der Waals surface area contributed by atoms with E-state index in [4.69, 9.17) is 9.31 Å². The maximum atomic E-state index is 11.9. The van der Waals surface area contributed by atoms with Crippen molar-refractivity contribution < 1.29 is 17.7 Å². The highest BCUT2D eigenvalue weighted by molar-refractivity contribution is 7.92. The van der Waals surface area contributed by atoms with E-state index in [1.54, 1.807) is 12.3 Å². The molecule has 0 bridgehead atoms. The van der Waals surface area contributed by atoms with Gasteiger partial charge in [0, 0.05) is 24.7 Å². The summed E-state index contributed by atoms with van der Waals surface area (Å²) in [6, 6.07) is 1.77. The van der Waals surface area contributed by atoms with Crippen molar-refractivity contribution in [2.45, 2.75) is 45.3 Å². The molecule has 3 rings (SSSR count). The lowest BCUT2D eigenvalue weighted by Gasteiger charge is -2.32. The van der Waals surface area contributed by atoms with Crippen LogP contribution in [0.15, 0.2) is 18.3 Å². The van der Waals surface area contributed by atoms with Gasteiger partial charge in [-0.05, 0) is 52.8 Å². The van der Waals surface area contributed by atoms with Crippen LogP contribution in [0, 0.1) is 0 Å². The van der Waals surface area contributed by atoms with Crippen molar-refractivity contribution in [3.8, 4) is 0 Å². The first-order chi connectivity index (χ1) is 12.4. The average Bonchev–Trinajstić information content (AvgIpc) is 2.75. The molecular formula is C18H28BN3O4S. The second-order valence-electron chi connectivity index (χ2n) is 8.37. The van der Waals surface area contributed by atoms with Crippen molar-refractivity contribution in [3.05, 3.63) is 24.0 Å². The highest BCUT2D eigenvalue weighted by Gasteiger charge is 2.52. The zero-order valence-corrected chi connectivity index (χ0v) is 17.7. The summed E-state index contributed by atoms with van der Waals surface area (Å²) in [5.41, 5.74) is 1.90. The number of aromatic nitrogens is 1. The summed E-state index contributed by atoms with van der Waals surface area (Å²) in [6.07, 6.45) is 5.76. The van der Waals surface area contributed by atoms with Gasteiger partial charge in [0.2, 0.25) is 10.0 Å². The van der Waals surface area contributed by atoms with Crippen LogP contribution in [0.25, 0.3) is 5.57 Å². The Morgan fingerprint density at radius 2 is 1.85 bits per heavy atom. The number of nitrogens with zero attached hydrogens (tertiary/aromatic N) is 2. The normalized spacial score (nSPS) is 22.6. The third-order valence-corrected chi connectivity index (χ3v) is 6.04. The summed E-state index contributed by atoms with van der Waals surface area (Å²) in [5, 5.41) is 0. The Kier molecular flexibility index (Phi) is 5.18. The first kappa shape index (κ1) is 20.3. The Hall–Kier alpha value is -1.42. The predicted molar refractivity (Wildman–Crippen MR) is 109 cm³/mol. The van der Waals surface area contributed by atoms with E-state index in [9.17, 15) is 8.42 Å². The highest BCUT2D eigenvalue weighted by atomic mass is 32.2. The SMILES string of the molecule is CN1CC=C(c2ncc(B3OC(C)(C)C(C)(C)O3)cc2NS(C)(=O)=O)CC1. The van der Waals surface area contributed by atoms with Gasteiger partial charge in [0.1, 0.15) is 0 Å². The van der Waals surface area contributed by atoms with Gasteiger partial charge in [-0.25, -0.2) is 8.42 Å². The van der Waals surface area contributed by atoms with Gasteiger partial charge in [-0.3, -0.25) is 9.71 Å². The molecule has 1 N–H and O–H groups in total. The molecule has 148 valence electrons. The van der Waals surface area contributed by atoms with E-state index >= 15 is 0 Å². The minimum atomic E-state index is -3.44. The van der Waals surface area contributed by atoms with Crippen LogP contribution in [-0.4, -0.2) is 63.0 Å². The fourth-order valence-electron chi connectivity index (χ4n) is 3.11. The number of likely N-dealkylation sites (N-methyl/N-ethyl adjacent to an activating group) is 1. The van der Waals surface area contributed by atoms with Crippen LogP contribution in [-0.2, 0) is 19.3 Å². The number of rotatable bonds is 4. The molecule has 0 unspecified atom stereocenters. The summed E-state index contributed by atoms with van der Waals surface area (Å²) in [7, 11) is -1.99. The lowest BCUT2D eigenvalue weighted by atomic mass is 9.79. The molecule has 2 aliphatic rings. The van der Waals surface area contributed by atoms with E-state index < -0.39 is 28.3 Å². The van der Waals surface area contributed by atoms with Gasteiger partial charge in [-0.15, -0.1) is 0 Å². The molecule has 0 aliphatic carbocycles. The van der Waals surface area contributed by atoms with Gasteiger partial charge in [0.15, 0.2) is 0 Å². The number of anilines is 1. The van der Waals surface area contributed by atoms with Crippen LogP contribution in [0.2, 0.25) is 0 Å². The molecule has 1 fully saturated rings. The third kappa shape index (κ3) is 4.37. The van der Waals surface area contributed by atoms with Crippen LogP contribution in [0.3, 0.4) is 0 Å². The molecule has 0 aromatic carbocycles. The van der Waals surface area contributed by atoms with Gasteiger partial charge in [0.25, 0.3) is 0 Å². The van der Waals surface area contributed by atoms with E-state index in [1.807, 2.05) is 27.7 Å². The fraction of sp³-hybridized carbons (Fsp3) is 0.611. The topological polar surface area (TPSA) is 80.8 Å². The number of pyridine rings is 1. The molecule has 0 saturated carbocycles. The second kappa shape index (κ2) is 6.88. The molecule has 7 nitrogen and oxygen atoms in total. The zero-order valence-electron chi connectivity index (χ0n) is 16.9. The Morgan fingerprint density at radius 1 is 1.22 bits per heavy atom. The summed E-state index contributed by atoms with van der Waals surface area (Å²) in [6.45, 7) is 9.64. The van der Waals surface area contributed by atoms with E-state index in [0.717, 1.165) is 31.3 Å². The Morgan fingerprint density at radius 3 is 2.37 bits per heavy atom. The molecule has 1 aromatic heterocycles. The standard InChI is InChI=1S/C18H28BN3O4S/c1-17(2)18(3,4)26-19(25-17)14-11-15(21-27(6,23)24)16(20-12-14)13-7-9-22(5)10-8-13/h7,11-12,21H,8-10H2,1-6H3. The number of nitrogens with one attached hydrogen (secondary N) is 1. The van der Waals surface area contributed by atoms with E-state index in [0.29, 0.717) is 16.8 Å². The minimum Gasteiger partial charge on any atom is -0.399 e. The maximum Gasteiger partial charge on any atom is 0.496 e. The quantitative estimate of drug-likeness (QED) is 0.781. The lowest BCUT2D eigenvalue weighted by Crippen LogP contribution is -2.41. The number of hydrogen-bond acceptors (Lipinski definition) is 6. The van der Waals surface area contributed by atoms with Crippen molar-refractivity contribution in [1.82, 2.24) is 9.88 Å². The Bertz CT molecular complexity index is 851. The molecule has 1 saturated heterocycles. The van der Waals surface area contributed by atoms with Crippen molar-refractivity contribution in [3.63, 3.8) is 0 Å². The predicted octanol–water partition coefficient (Wildman–Crippen LogP) is 1.47. The zero-order chi connectivity index (χ0) is 20.0. The molecule has 0 spiro atoms. The minimum absolute atomic E-state index is 0.459. The van der Waals surface area contributed by atoms with Crippen LogP contribution in [0.4, 0.5) is 5.69 Å². The Labute approximate surface area is 162 Å². The van der Waals surface area contributed by atoms with Crippen LogP contribution >= 0.6 is 0 Å². The average molecular weight is 393 g/mol. The molecule has 3 heterocycles. The van der Waals surface area contributed by atoms with Gasteiger partial charge in [0.05, 0.1) is 28.8 Å². The third-order valence-electron chi connectivity index (χ3n) is 5.45. The number of sulfonamides is 1. The number of hydrogen-bond donors (Lipinski definition) is 1. The van der Waals surface area contributed by atoms with Crippen molar-refractivity contribution in [1.29, 1.82) is 0 Å². The Balaban J connectivity index is 1.98. The molecule has 2 aliphatic heterocycles. The lowest BCUT2D eigenvalue weighted by molar-refractivity contribution is 0.00578. The molecule has 0 amide bonds. The van der Waals surface area contributed by atoms with Crippen molar-refractivity contribution in [2.24, 2.45) is 0 Å². The molecule has 0 radical (unpaired) electrons. The first-order valence-electron chi connectivity index (χ1n) is 9.09. The van der Waals surface area contributed by atoms with E-state index in [1.165, 1.54) is 0 Å². The summed E-state index contributed by atoms with van der Waals surface area (Å²) < 4.78 is 38.6. The molecule has 9 heteroatoms. The first-order valence-corrected chi connectivity index (χ1v) is 11.0. The van der Waals surface area contributed by atoms with Gasteiger partial charge in [-0.2, -0.15) is 0 Å². The molecule has 0 atom stereocenters. The monoisotopic (exact) mass is 393 g/mol. The van der Waals surface area contributed by atoms with Crippen LogP contribution in [0.5, 0.6) is 0 Å². The highest BCUT2D eigenvalue weighted by Crippen LogP contribution is 2.37. The molecule has 27 heavy (non-hydrogen) atoms. The van der Waals surface area contributed by atoms with Crippen molar-refractivity contribution >= 4 is 33.9 Å². The van der Waals surface area contributed by atoms with Crippen molar-refractivity contribution in [2.75, 3.05) is 31.1 Å². The summed E-state index contributed by atoms with van der Waals surface area (Å²) in [5.74, 6) is 0.